The van der Waals surface area contributed by atoms with Crippen LogP contribution in [0.3, 0.4) is 0 Å². The van der Waals surface area contributed by atoms with Crippen LogP contribution in [-0.4, -0.2) is 44.2 Å². The van der Waals surface area contributed by atoms with Crippen LogP contribution in [0.1, 0.15) is 12.8 Å². The lowest BCUT2D eigenvalue weighted by Crippen LogP contribution is -2.51. The second-order valence-electron chi connectivity index (χ2n) is 3.36. The van der Waals surface area contributed by atoms with Crippen LogP contribution < -0.4 is 0 Å². The fraction of sp³-hybridized carbons (Fsp3) is 1.00. The van der Waals surface area contributed by atoms with Crippen molar-refractivity contribution in [2.45, 2.75) is 24.8 Å². The first kappa shape index (κ1) is 9.86. The maximum Gasteiger partial charge on any atom is 0.258 e. The molecule has 1 fully saturated rings. The van der Waals surface area contributed by atoms with Crippen LogP contribution in [0.4, 0.5) is 8.78 Å². The van der Waals surface area contributed by atoms with Crippen molar-refractivity contribution in [3.63, 3.8) is 0 Å². The minimum atomic E-state index is -2.31. The Labute approximate surface area is 71.5 Å². The molecule has 4 heteroatoms. The molecular formula is C8H15F2NO. The van der Waals surface area contributed by atoms with E-state index in [1.807, 2.05) is 0 Å². The zero-order valence-corrected chi connectivity index (χ0v) is 7.52. The molecule has 0 aromatic rings. The predicted molar refractivity (Wildman–Crippen MR) is 42.5 cm³/mol. The number of hydrogen-bond donors (Lipinski definition) is 0. The van der Waals surface area contributed by atoms with Gasteiger partial charge in [0.1, 0.15) is 5.54 Å². The summed E-state index contributed by atoms with van der Waals surface area (Å²) in [5, 5.41) is 0. The van der Waals surface area contributed by atoms with Crippen LogP contribution >= 0.6 is 0 Å². The Hall–Kier alpha value is -0.220. The van der Waals surface area contributed by atoms with Crippen molar-refractivity contribution in [2.75, 3.05) is 27.3 Å². The Bertz CT molecular complexity index is 154. The molecule has 0 N–H and O–H groups in total. The predicted octanol–water partition coefficient (Wildman–Crippen LogP) is 1.36. The second-order valence-corrected chi connectivity index (χ2v) is 3.36. The van der Waals surface area contributed by atoms with Gasteiger partial charge in [-0.1, -0.05) is 0 Å². The minimum Gasteiger partial charge on any atom is -0.383 e. The summed E-state index contributed by atoms with van der Waals surface area (Å²) in [5.41, 5.74) is -1.02. The number of alkyl halides is 2. The topological polar surface area (TPSA) is 12.5 Å². The van der Waals surface area contributed by atoms with E-state index in [1.165, 1.54) is 7.11 Å². The summed E-state index contributed by atoms with van der Waals surface area (Å²) in [4.78, 5) is 1.71. The number of likely N-dealkylation sites (N-methyl/N-ethyl adjacent to an activating group) is 1. The quantitative estimate of drug-likeness (QED) is 0.648. The summed E-state index contributed by atoms with van der Waals surface area (Å²) in [6, 6.07) is 0. The molecule has 12 heavy (non-hydrogen) atoms. The van der Waals surface area contributed by atoms with Gasteiger partial charge in [0.15, 0.2) is 0 Å². The first-order chi connectivity index (χ1) is 5.63. The normalized spacial score (nSPS) is 31.8. The molecule has 1 unspecified atom stereocenters. The van der Waals surface area contributed by atoms with E-state index < -0.39 is 12.0 Å². The number of nitrogens with zero attached hydrogens (tertiary/aromatic N) is 1. The van der Waals surface area contributed by atoms with Gasteiger partial charge in [-0.15, -0.1) is 0 Å². The number of halogens is 2. The molecule has 1 aliphatic heterocycles. The zero-order chi connectivity index (χ0) is 9.19. The molecule has 1 atom stereocenters. The molecule has 0 bridgehead atoms. The van der Waals surface area contributed by atoms with Gasteiger partial charge in [-0.2, -0.15) is 0 Å². The van der Waals surface area contributed by atoms with Crippen molar-refractivity contribution >= 4 is 0 Å². The number of likely N-dealkylation sites (tertiary alicyclic amines) is 1. The third-order valence-electron chi connectivity index (χ3n) is 2.66. The lowest BCUT2D eigenvalue weighted by atomic mass is 9.98. The van der Waals surface area contributed by atoms with E-state index >= 15 is 0 Å². The van der Waals surface area contributed by atoms with Crippen molar-refractivity contribution in [1.82, 2.24) is 4.90 Å². The summed E-state index contributed by atoms with van der Waals surface area (Å²) in [5.74, 6) is 0. The van der Waals surface area contributed by atoms with Gasteiger partial charge in [-0.3, -0.25) is 4.90 Å². The highest BCUT2D eigenvalue weighted by molar-refractivity contribution is 4.96. The zero-order valence-electron chi connectivity index (χ0n) is 7.52. The van der Waals surface area contributed by atoms with E-state index in [0.29, 0.717) is 6.42 Å². The smallest absolute Gasteiger partial charge is 0.258 e. The SMILES string of the molecule is COCC1(C(F)F)CCCN1C. The fourth-order valence-corrected chi connectivity index (χ4v) is 1.81. The maximum atomic E-state index is 12.7. The third-order valence-corrected chi connectivity index (χ3v) is 2.66. The van der Waals surface area contributed by atoms with Crippen LogP contribution in [0.2, 0.25) is 0 Å². The number of hydrogen-bond acceptors (Lipinski definition) is 2. The van der Waals surface area contributed by atoms with Crippen molar-refractivity contribution in [2.24, 2.45) is 0 Å². The first-order valence-corrected chi connectivity index (χ1v) is 4.12. The van der Waals surface area contributed by atoms with Gasteiger partial charge in [-0.25, -0.2) is 8.78 Å². The van der Waals surface area contributed by atoms with E-state index in [9.17, 15) is 8.78 Å². The average Bonchev–Trinajstić information content (AvgIpc) is 2.34. The number of rotatable bonds is 3. The Kier molecular flexibility index (Phi) is 3.01. The van der Waals surface area contributed by atoms with Gasteiger partial charge in [0.05, 0.1) is 6.61 Å². The monoisotopic (exact) mass is 179 g/mol. The molecule has 72 valence electrons. The summed E-state index contributed by atoms with van der Waals surface area (Å²) >= 11 is 0. The van der Waals surface area contributed by atoms with Crippen molar-refractivity contribution in [3.05, 3.63) is 0 Å². The molecule has 0 aromatic carbocycles. The van der Waals surface area contributed by atoms with Gasteiger partial charge in [0, 0.05) is 7.11 Å². The minimum absolute atomic E-state index is 0.126. The average molecular weight is 179 g/mol. The van der Waals surface area contributed by atoms with Crippen LogP contribution in [0, 0.1) is 0 Å². The highest BCUT2D eigenvalue weighted by atomic mass is 19.3. The summed E-state index contributed by atoms with van der Waals surface area (Å²) in [6.07, 6.45) is -0.941. The van der Waals surface area contributed by atoms with Crippen molar-refractivity contribution in [3.8, 4) is 0 Å². The fourth-order valence-electron chi connectivity index (χ4n) is 1.81. The molecule has 1 heterocycles. The maximum absolute atomic E-state index is 12.7. The van der Waals surface area contributed by atoms with Crippen LogP contribution in [-0.2, 0) is 4.74 Å². The lowest BCUT2D eigenvalue weighted by Gasteiger charge is -2.34. The van der Waals surface area contributed by atoms with Crippen molar-refractivity contribution < 1.29 is 13.5 Å². The Morgan fingerprint density at radius 3 is 2.58 bits per heavy atom. The van der Waals surface area contributed by atoms with Gasteiger partial charge >= 0.3 is 0 Å². The van der Waals surface area contributed by atoms with Crippen LogP contribution in [0.25, 0.3) is 0 Å². The summed E-state index contributed by atoms with van der Waals surface area (Å²) < 4.78 is 30.3. The molecule has 0 aromatic heterocycles. The van der Waals surface area contributed by atoms with E-state index in [2.05, 4.69) is 0 Å². The van der Waals surface area contributed by atoms with Gasteiger partial charge < -0.3 is 4.74 Å². The van der Waals surface area contributed by atoms with Gasteiger partial charge in [-0.05, 0) is 26.4 Å². The highest BCUT2D eigenvalue weighted by Gasteiger charge is 2.46. The lowest BCUT2D eigenvalue weighted by molar-refractivity contribution is -0.0624. The number of methoxy groups -OCH3 is 1. The third kappa shape index (κ3) is 1.45. The Balaban J connectivity index is 2.70. The van der Waals surface area contributed by atoms with E-state index in [4.69, 9.17) is 4.74 Å². The molecule has 0 amide bonds. The summed E-state index contributed by atoms with van der Waals surface area (Å²) in [6.45, 7) is 0.870. The van der Waals surface area contributed by atoms with Gasteiger partial charge in [0.25, 0.3) is 6.43 Å². The van der Waals surface area contributed by atoms with Crippen LogP contribution in [0.15, 0.2) is 0 Å². The number of ether oxygens (including phenoxy) is 1. The Morgan fingerprint density at radius 2 is 2.25 bits per heavy atom. The van der Waals surface area contributed by atoms with E-state index in [0.717, 1.165) is 13.0 Å². The molecule has 2 nitrogen and oxygen atoms in total. The molecule has 0 spiro atoms. The second kappa shape index (κ2) is 3.66. The molecule has 1 aliphatic rings. The van der Waals surface area contributed by atoms with Crippen LogP contribution in [0.5, 0.6) is 0 Å². The standard InChI is InChI=1S/C8H15F2NO/c1-11-5-3-4-8(11,6-12-2)7(9)10/h7H,3-6H2,1-2H3. The molecule has 1 saturated heterocycles. The summed E-state index contributed by atoms with van der Waals surface area (Å²) in [7, 11) is 3.20. The highest BCUT2D eigenvalue weighted by Crippen LogP contribution is 2.33. The van der Waals surface area contributed by atoms with Crippen molar-refractivity contribution in [1.29, 1.82) is 0 Å². The molecule has 0 aliphatic carbocycles. The molecular weight excluding hydrogens is 164 g/mol. The molecule has 1 rings (SSSR count). The van der Waals surface area contributed by atoms with E-state index in [1.54, 1.807) is 11.9 Å². The molecule has 0 radical (unpaired) electrons. The van der Waals surface area contributed by atoms with Gasteiger partial charge in [0.2, 0.25) is 0 Å². The first-order valence-electron chi connectivity index (χ1n) is 4.12. The largest absolute Gasteiger partial charge is 0.383 e. The molecule has 0 saturated carbocycles. The Morgan fingerprint density at radius 1 is 1.58 bits per heavy atom. The van der Waals surface area contributed by atoms with E-state index in [-0.39, 0.29) is 6.61 Å².